The van der Waals surface area contributed by atoms with Crippen LogP contribution in [0, 0.1) is 0 Å². The van der Waals surface area contributed by atoms with Crippen LogP contribution in [-0.2, 0) is 6.18 Å². The summed E-state index contributed by atoms with van der Waals surface area (Å²) in [6, 6.07) is 4.88. The monoisotopic (exact) mass is 273 g/mol. The molecule has 0 aliphatic heterocycles. The fourth-order valence-corrected chi connectivity index (χ4v) is 1.69. The van der Waals surface area contributed by atoms with E-state index in [2.05, 4.69) is 11.9 Å². The Hall–Kier alpha value is -1.33. The molecular formula is C14H18F3NO. The molecule has 19 heavy (non-hydrogen) atoms. The number of benzene rings is 1. The number of halogens is 3. The molecule has 106 valence electrons. The van der Waals surface area contributed by atoms with E-state index in [1.807, 2.05) is 6.92 Å². The lowest BCUT2D eigenvalue weighted by molar-refractivity contribution is -0.137. The van der Waals surface area contributed by atoms with Crippen molar-refractivity contribution in [2.75, 3.05) is 6.54 Å². The van der Waals surface area contributed by atoms with E-state index in [1.165, 1.54) is 12.1 Å². The maximum absolute atomic E-state index is 12.5. The Bertz CT molecular complexity index is 417. The predicted molar refractivity (Wildman–Crippen MR) is 68.7 cm³/mol. The van der Waals surface area contributed by atoms with Gasteiger partial charge in [-0.15, -0.1) is 6.58 Å². The smallest absolute Gasteiger partial charge is 0.387 e. The Labute approximate surface area is 111 Å². The summed E-state index contributed by atoms with van der Waals surface area (Å²) < 4.78 is 37.6. The fourth-order valence-electron chi connectivity index (χ4n) is 1.69. The van der Waals surface area contributed by atoms with Crippen LogP contribution in [0.2, 0.25) is 0 Å². The molecule has 2 nitrogen and oxygen atoms in total. The van der Waals surface area contributed by atoms with Crippen molar-refractivity contribution in [1.29, 1.82) is 0 Å². The molecule has 2 unspecified atom stereocenters. The summed E-state index contributed by atoms with van der Waals surface area (Å²) >= 11 is 0. The molecule has 0 amide bonds. The van der Waals surface area contributed by atoms with E-state index in [0.29, 0.717) is 0 Å². The van der Waals surface area contributed by atoms with Crippen molar-refractivity contribution >= 4 is 0 Å². The van der Waals surface area contributed by atoms with Crippen molar-refractivity contribution in [3.8, 4) is 0 Å². The summed E-state index contributed by atoms with van der Waals surface area (Å²) in [4.78, 5) is 0. The third-order valence-electron chi connectivity index (χ3n) is 2.78. The third-order valence-corrected chi connectivity index (χ3v) is 2.78. The first kappa shape index (κ1) is 15.7. The molecule has 0 radical (unpaired) electrons. The average Bonchev–Trinajstić information content (AvgIpc) is 2.35. The molecule has 0 aromatic heterocycles. The Balaban J connectivity index is 2.67. The van der Waals surface area contributed by atoms with E-state index in [-0.39, 0.29) is 18.2 Å². The number of alkyl halides is 3. The molecule has 0 aliphatic carbocycles. The van der Waals surface area contributed by atoms with Crippen molar-refractivity contribution in [2.24, 2.45) is 0 Å². The highest BCUT2D eigenvalue weighted by Gasteiger charge is 2.30. The van der Waals surface area contributed by atoms with Gasteiger partial charge in [-0.1, -0.05) is 18.2 Å². The predicted octanol–water partition coefficient (Wildman–Crippen LogP) is 3.29. The van der Waals surface area contributed by atoms with Crippen LogP contribution in [0.4, 0.5) is 13.2 Å². The first-order valence-corrected chi connectivity index (χ1v) is 6.04. The van der Waals surface area contributed by atoms with Crippen LogP contribution in [0.15, 0.2) is 36.9 Å². The lowest BCUT2D eigenvalue weighted by atomic mass is 10.1. The molecule has 1 aromatic carbocycles. The largest absolute Gasteiger partial charge is 0.416 e. The maximum Gasteiger partial charge on any atom is 0.416 e. The standard InChI is InChI=1S/C14H18F3NO/c1-3-5-10(2)18-9-13(19)11-6-4-7-12(8-11)14(15,16)17/h3-4,6-8,10,13,18-19H,1,5,9H2,2H3. The van der Waals surface area contributed by atoms with Crippen molar-refractivity contribution in [2.45, 2.75) is 31.7 Å². The van der Waals surface area contributed by atoms with Crippen LogP contribution >= 0.6 is 0 Å². The van der Waals surface area contributed by atoms with E-state index >= 15 is 0 Å². The minimum absolute atomic E-state index is 0.123. The lowest BCUT2D eigenvalue weighted by Crippen LogP contribution is -2.30. The van der Waals surface area contributed by atoms with Crippen LogP contribution in [0.1, 0.15) is 30.6 Å². The molecule has 2 atom stereocenters. The van der Waals surface area contributed by atoms with Gasteiger partial charge in [0.15, 0.2) is 0 Å². The Kier molecular flexibility index (Phi) is 5.57. The zero-order valence-electron chi connectivity index (χ0n) is 10.7. The van der Waals surface area contributed by atoms with E-state index < -0.39 is 17.8 Å². The number of rotatable bonds is 6. The SMILES string of the molecule is C=CCC(C)NCC(O)c1cccc(C(F)(F)F)c1. The normalized spacial score (nSPS) is 15.0. The van der Waals surface area contributed by atoms with Gasteiger partial charge in [-0.2, -0.15) is 13.2 Å². The van der Waals surface area contributed by atoms with Gasteiger partial charge in [0.1, 0.15) is 0 Å². The van der Waals surface area contributed by atoms with Gasteiger partial charge in [0.05, 0.1) is 11.7 Å². The van der Waals surface area contributed by atoms with Gasteiger partial charge < -0.3 is 10.4 Å². The zero-order chi connectivity index (χ0) is 14.5. The Morgan fingerprint density at radius 2 is 2.11 bits per heavy atom. The molecule has 0 aliphatic rings. The topological polar surface area (TPSA) is 32.3 Å². The van der Waals surface area contributed by atoms with Crippen molar-refractivity contribution in [3.63, 3.8) is 0 Å². The average molecular weight is 273 g/mol. The number of hydrogen-bond donors (Lipinski definition) is 2. The summed E-state index contributed by atoms with van der Waals surface area (Å²) in [5.41, 5.74) is -0.490. The van der Waals surface area contributed by atoms with Gasteiger partial charge >= 0.3 is 6.18 Å². The summed E-state index contributed by atoms with van der Waals surface area (Å²) in [6.07, 6.45) is -2.88. The number of hydrogen-bond acceptors (Lipinski definition) is 2. The first-order chi connectivity index (χ1) is 8.84. The molecule has 0 bridgehead atoms. The molecule has 0 saturated heterocycles. The van der Waals surface area contributed by atoms with Gasteiger partial charge in [0.2, 0.25) is 0 Å². The van der Waals surface area contributed by atoms with E-state index in [9.17, 15) is 18.3 Å². The molecule has 0 fully saturated rings. The third kappa shape index (κ3) is 5.04. The van der Waals surface area contributed by atoms with Gasteiger partial charge in [-0.05, 0) is 31.0 Å². The highest BCUT2D eigenvalue weighted by Crippen LogP contribution is 2.30. The summed E-state index contributed by atoms with van der Waals surface area (Å²) in [7, 11) is 0. The second-order valence-corrected chi connectivity index (χ2v) is 4.47. The van der Waals surface area contributed by atoms with E-state index in [1.54, 1.807) is 6.08 Å². The minimum atomic E-state index is -4.39. The minimum Gasteiger partial charge on any atom is -0.387 e. The van der Waals surface area contributed by atoms with Crippen LogP contribution < -0.4 is 5.32 Å². The Morgan fingerprint density at radius 3 is 2.68 bits per heavy atom. The van der Waals surface area contributed by atoms with Gasteiger partial charge in [-0.3, -0.25) is 0 Å². The quantitative estimate of drug-likeness (QED) is 0.779. The van der Waals surface area contributed by atoms with Crippen LogP contribution in [0.3, 0.4) is 0 Å². The molecule has 0 saturated carbocycles. The second-order valence-electron chi connectivity index (χ2n) is 4.47. The lowest BCUT2D eigenvalue weighted by Gasteiger charge is -2.17. The van der Waals surface area contributed by atoms with Crippen LogP contribution in [0.25, 0.3) is 0 Å². The van der Waals surface area contributed by atoms with Gasteiger partial charge in [-0.25, -0.2) is 0 Å². The molecular weight excluding hydrogens is 255 g/mol. The number of nitrogens with one attached hydrogen (secondary N) is 1. The fraction of sp³-hybridized carbons (Fsp3) is 0.429. The van der Waals surface area contributed by atoms with E-state index in [0.717, 1.165) is 18.6 Å². The van der Waals surface area contributed by atoms with Crippen molar-refractivity contribution in [3.05, 3.63) is 48.0 Å². The highest BCUT2D eigenvalue weighted by molar-refractivity contribution is 5.27. The molecule has 2 N–H and O–H groups in total. The van der Waals surface area contributed by atoms with Crippen molar-refractivity contribution < 1.29 is 18.3 Å². The van der Waals surface area contributed by atoms with Crippen molar-refractivity contribution in [1.82, 2.24) is 5.32 Å². The molecule has 5 heteroatoms. The Morgan fingerprint density at radius 1 is 1.42 bits per heavy atom. The zero-order valence-corrected chi connectivity index (χ0v) is 10.7. The summed E-state index contributed by atoms with van der Waals surface area (Å²) in [5, 5.41) is 12.9. The highest BCUT2D eigenvalue weighted by atomic mass is 19.4. The molecule has 0 spiro atoms. The second kappa shape index (κ2) is 6.73. The van der Waals surface area contributed by atoms with Crippen LogP contribution in [-0.4, -0.2) is 17.7 Å². The number of aliphatic hydroxyl groups excluding tert-OH is 1. The first-order valence-electron chi connectivity index (χ1n) is 6.04. The van der Waals surface area contributed by atoms with Gasteiger partial charge in [0, 0.05) is 12.6 Å². The summed E-state index contributed by atoms with van der Waals surface area (Å²) in [6.45, 7) is 5.72. The molecule has 0 heterocycles. The van der Waals surface area contributed by atoms with Gasteiger partial charge in [0.25, 0.3) is 0 Å². The van der Waals surface area contributed by atoms with E-state index in [4.69, 9.17) is 0 Å². The molecule has 1 aromatic rings. The summed E-state index contributed by atoms with van der Waals surface area (Å²) in [5.74, 6) is 0. The van der Waals surface area contributed by atoms with Crippen LogP contribution in [0.5, 0.6) is 0 Å². The maximum atomic E-state index is 12.5. The molecule has 1 rings (SSSR count). The number of aliphatic hydroxyl groups is 1.